The molecule has 6 heteroatoms. The van der Waals surface area contributed by atoms with E-state index < -0.39 is 0 Å². The van der Waals surface area contributed by atoms with Gasteiger partial charge in [0.2, 0.25) is 5.95 Å². The smallest absolute Gasteiger partial charge is 0.240 e. The van der Waals surface area contributed by atoms with Crippen LogP contribution in [0.4, 0.5) is 5.95 Å². The Hall–Kier alpha value is -1.39. The molecule has 1 aromatic heterocycles. The Morgan fingerprint density at radius 1 is 1.13 bits per heavy atom. The fourth-order valence-corrected chi connectivity index (χ4v) is 1.51. The third-order valence-corrected chi connectivity index (χ3v) is 2.63. The van der Waals surface area contributed by atoms with E-state index in [9.17, 15) is 0 Å². The normalized spacial score (nSPS) is 10.3. The van der Waals surface area contributed by atoms with Gasteiger partial charge in [-0.25, -0.2) is 4.98 Å². The Morgan fingerprint density at radius 2 is 1.93 bits per heavy atom. The zero-order valence-corrected chi connectivity index (χ0v) is 9.00. The van der Waals surface area contributed by atoms with E-state index >= 15 is 0 Å². The van der Waals surface area contributed by atoms with Crippen LogP contribution >= 0.6 is 23.2 Å². The van der Waals surface area contributed by atoms with Gasteiger partial charge in [0, 0.05) is 5.56 Å². The van der Waals surface area contributed by atoms with Crippen LogP contribution in [0.1, 0.15) is 0 Å². The predicted octanol–water partition coefficient (Wildman–Crippen LogP) is 2.43. The van der Waals surface area contributed by atoms with Crippen molar-refractivity contribution in [1.82, 2.24) is 15.2 Å². The van der Waals surface area contributed by atoms with Gasteiger partial charge < -0.3 is 5.73 Å². The summed E-state index contributed by atoms with van der Waals surface area (Å²) in [5.74, 6) is 0.122. The van der Waals surface area contributed by atoms with E-state index in [1.165, 1.54) is 6.20 Å². The van der Waals surface area contributed by atoms with Crippen LogP contribution in [-0.4, -0.2) is 15.2 Å². The lowest BCUT2D eigenvalue weighted by atomic mass is 10.2. The summed E-state index contributed by atoms with van der Waals surface area (Å²) in [5.41, 5.74) is 6.55. The molecule has 0 unspecified atom stereocenters. The quantitative estimate of drug-likeness (QED) is 0.832. The first-order chi connectivity index (χ1) is 7.18. The molecule has 76 valence electrons. The number of nitrogens with zero attached hydrogens (tertiary/aromatic N) is 3. The fraction of sp³-hybridized carbons (Fsp3) is 0. The summed E-state index contributed by atoms with van der Waals surface area (Å²) in [6.07, 6.45) is 1.50. The molecule has 0 saturated carbocycles. The lowest BCUT2D eigenvalue weighted by molar-refractivity contribution is 0.993. The summed E-state index contributed by atoms with van der Waals surface area (Å²) in [7, 11) is 0. The summed E-state index contributed by atoms with van der Waals surface area (Å²) in [5, 5.41) is 8.41. The summed E-state index contributed by atoms with van der Waals surface area (Å²) in [6, 6.07) is 5.27. The minimum absolute atomic E-state index is 0.122. The number of hydrogen-bond acceptors (Lipinski definition) is 4. The average Bonchev–Trinajstić information content (AvgIpc) is 2.24. The van der Waals surface area contributed by atoms with E-state index in [-0.39, 0.29) is 5.95 Å². The molecule has 2 N–H and O–H groups in total. The van der Waals surface area contributed by atoms with E-state index in [4.69, 9.17) is 28.9 Å². The van der Waals surface area contributed by atoms with Crippen molar-refractivity contribution in [3.8, 4) is 11.3 Å². The molecule has 2 rings (SSSR count). The van der Waals surface area contributed by atoms with Crippen LogP contribution in [0.5, 0.6) is 0 Å². The molecular weight excluding hydrogens is 235 g/mol. The Morgan fingerprint density at radius 3 is 2.60 bits per heavy atom. The largest absolute Gasteiger partial charge is 0.366 e. The molecule has 0 aliphatic heterocycles. The Labute approximate surface area is 96.1 Å². The first-order valence-corrected chi connectivity index (χ1v) is 4.83. The summed E-state index contributed by atoms with van der Waals surface area (Å²) in [6.45, 7) is 0. The second-order valence-electron chi connectivity index (χ2n) is 2.80. The molecule has 0 spiro atoms. The molecule has 0 saturated heterocycles. The topological polar surface area (TPSA) is 64.7 Å². The molecule has 0 atom stereocenters. The van der Waals surface area contributed by atoms with Gasteiger partial charge in [0.15, 0.2) is 0 Å². The molecule has 0 aliphatic rings. The van der Waals surface area contributed by atoms with Crippen molar-refractivity contribution >= 4 is 29.2 Å². The van der Waals surface area contributed by atoms with Gasteiger partial charge in [-0.3, -0.25) is 0 Å². The maximum absolute atomic E-state index is 6.01. The Bertz CT molecular complexity index is 484. The minimum atomic E-state index is 0.122. The van der Waals surface area contributed by atoms with Crippen LogP contribution in [0.25, 0.3) is 11.3 Å². The zero-order valence-electron chi connectivity index (χ0n) is 7.48. The average molecular weight is 241 g/mol. The third kappa shape index (κ3) is 2.00. The number of aromatic nitrogens is 3. The summed E-state index contributed by atoms with van der Waals surface area (Å²) in [4.78, 5) is 3.83. The van der Waals surface area contributed by atoms with Crippen molar-refractivity contribution in [3.63, 3.8) is 0 Å². The van der Waals surface area contributed by atoms with Gasteiger partial charge in [-0.1, -0.05) is 35.3 Å². The van der Waals surface area contributed by atoms with E-state index in [0.717, 1.165) is 0 Å². The second-order valence-corrected chi connectivity index (χ2v) is 3.59. The van der Waals surface area contributed by atoms with Crippen molar-refractivity contribution in [1.29, 1.82) is 0 Å². The van der Waals surface area contributed by atoms with Crippen molar-refractivity contribution < 1.29 is 0 Å². The molecule has 1 heterocycles. The van der Waals surface area contributed by atoms with Gasteiger partial charge in [-0.05, 0) is 6.07 Å². The summed E-state index contributed by atoms with van der Waals surface area (Å²) < 4.78 is 0. The molecule has 4 nitrogen and oxygen atoms in total. The van der Waals surface area contributed by atoms with Crippen LogP contribution in [0.3, 0.4) is 0 Å². The first-order valence-electron chi connectivity index (χ1n) is 4.08. The highest BCUT2D eigenvalue weighted by molar-refractivity contribution is 6.43. The highest BCUT2D eigenvalue weighted by Crippen LogP contribution is 2.31. The second kappa shape index (κ2) is 4.00. The van der Waals surface area contributed by atoms with Crippen LogP contribution in [-0.2, 0) is 0 Å². The zero-order chi connectivity index (χ0) is 10.8. The number of rotatable bonds is 1. The van der Waals surface area contributed by atoms with Gasteiger partial charge in [0.1, 0.15) is 5.69 Å². The maximum atomic E-state index is 6.01. The molecule has 0 fully saturated rings. The van der Waals surface area contributed by atoms with Crippen molar-refractivity contribution in [2.45, 2.75) is 0 Å². The number of nitrogens with two attached hydrogens (primary N) is 1. The predicted molar refractivity (Wildman–Crippen MR) is 59.7 cm³/mol. The molecule has 15 heavy (non-hydrogen) atoms. The van der Waals surface area contributed by atoms with Gasteiger partial charge in [0.25, 0.3) is 0 Å². The molecule has 0 aliphatic carbocycles. The van der Waals surface area contributed by atoms with Crippen LogP contribution in [0, 0.1) is 0 Å². The number of nitrogen functional groups attached to an aromatic ring is 1. The minimum Gasteiger partial charge on any atom is -0.366 e. The lowest BCUT2D eigenvalue weighted by Gasteiger charge is -2.03. The van der Waals surface area contributed by atoms with Crippen molar-refractivity contribution in [3.05, 3.63) is 34.4 Å². The maximum Gasteiger partial charge on any atom is 0.240 e. The highest BCUT2D eigenvalue weighted by Gasteiger charge is 2.08. The standard InChI is InChI=1S/C9H6Cl2N4/c10-6-3-1-2-5(8(6)11)7-4-13-9(12)15-14-7/h1-4H,(H2,12,13,15). The van der Waals surface area contributed by atoms with Crippen LogP contribution in [0.2, 0.25) is 10.0 Å². The highest BCUT2D eigenvalue weighted by atomic mass is 35.5. The van der Waals surface area contributed by atoms with E-state index in [0.29, 0.717) is 21.3 Å². The first kappa shape index (κ1) is 10.1. The van der Waals surface area contributed by atoms with Gasteiger partial charge >= 0.3 is 0 Å². The lowest BCUT2D eigenvalue weighted by Crippen LogP contribution is -1.97. The fourth-order valence-electron chi connectivity index (χ4n) is 1.11. The SMILES string of the molecule is Nc1ncc(-c2cccc(Cl)c2Cl)nn1. The van der Waals surface area contributed by atoms with Gasteiger partial charge in [-0.15, -0.1) is 10.2 Å². The summed E-state index contributed by atoms with van der Waals surface area (Å²) >= 11 is 11.9. The van der Waals surface area contributed by atoms with Gasteiger partial charge in [-0.2, -0.15) is 0 Å². The van der Waals surface area contributed by atoms with E-state index in [1.54, 1.807) is 18.2 Å². The van der Waals surface area contributed by atoms with Crippen LogP contribution in [0.15, 0.2) is 24.4 Å². The molecule has 0 radical (unpaired) electrons. The van der Waals surface area contributed by atoms with E-state index in [1.807, 2.05) is 0 Å². The monoisotopic (exact) mass is 240 g/mol. The number of benzene rings is 1. The van der Waals surface area contributed by atoms with Crippen LogP contribution < -0.4 is 5.73 Å². The van der Waals surface area contributed by atoms with Crippen molar-refractivity contribution in [2.24, 2.45) is 0 Å². The number of anilines is 1. The Balaban J connectivity index is 2.54. The number of hydrogen-bond donors (Lipinski definition) is 1. The molecular formula is C9H6Cl2N4. The van der Waals surface area contributed by atoms with E-state index in [2.05, 4.69) is 15.2 Å². The molecule has 0 amide bonds. The number of halogens is 2. The van der Waals surface area contributed by atoms with Gasteiger partial charge in [0.05, 0.1) is 16.2 Å². The molecule has 1 aromatic carbocycles. The third-order valence-electron chi connectivity index (χ3n) is 1.81. The molecule has 2 aromatic rings. The molecule has 0 bridgehead atoms. The van der Waals surface area contributed by atoms with Crippen molar-refractivity contribution in [2.75, 3.05) is 5.73 Å². The Kier molecular flexibility index (Phi) is 2.70.